The Morgan fingerprint density at radius 3 is 2.72 bits per heavy atom. The second-order valence-electron chi connectivity index (χ2n) is 4.61. The van der Waals surface area contributed by atoms with Crippen LogP contribution in [0.5, 0.6) is 0 Å². The first-order chi connectivity index (χ1) is 8.74. The quantitative estimate of drug-likeness (QED) is 0.836. The standard InChI is InChI=1S/C12H15N5O/c1-9-2-4-10(5-3-9)17-12(13-14-15-17)16-7-6-11(18)8-16/h2-5,11,18H,6-8H2,1H3/t11-/m0/s1. The summed E-state index contributed by atoms with van der Waals surface area (Å²) in [5.41, 5.74) is 2.13. The summed E-state index contributed by atoms with van der Waals surface area (Å²) in [5.74, 6) is 0.690. The molecule has 18 heavy (non-hydrogen) atoms. The highest BCUT2D eigenvalue weighted by Crippen LogP contribution is 2.20. The fourth-order valence-corrected chi connectivity index (χ4v) is 2.16. The van der Waals surface area contributed by atoms with E-state index in [0.29, 0.717) is 12.5 Å². The normalized spacial score (nSPS) is 19.4. The Hall–Kier alpha value is -1.95. The molecule has 3 rings (SSSR count). The second-order valence-corrected chi connectivity index (χ2v) is 4.61. The summed E-state index contributed by atoms with van der Waals surface area (Å²) >= 11 is 0. The number of hydrogen-bond donors (Lipinski definition) is 1. The number of nitrogens with zero attached hydrogens (tertiary/aromatic N) is 5. The smallest absolute Gasteiger partial charge is 0.250 e. The van der Waals surface area contributed by atoms with Gasteiger partial charge in [0.1, 0.15) is 0 Å². The van der Waals surface area contributed by atoms with E-state index in [1.54, 1.807) is 4.68 Å². The lowest BCUT2D eigenvalue weighted by atomic mass is 10.2. The maximum absolute atomic E-state index is 9.58. The van der Waals surface area contributed by atoms with Crippen LogP contribution in [0.15, 0.2) is 24.3 Å². The minimum atomic E-state index is -0.284. The molecular weight excluding hydrogens is 230 g/mol. The third kappa shape index (κ3) is 1.95. The van der Waals surface area contributed by atoms with Crippen molar-refractivity contribution in [3.8, 4) is 5.69 Å². The van der Waals surface area contributed by atoms with Gasteiger partial charge in [0.2, 0.25) is 5.95 Å². The lowest BCUT2D eigenvalue weighted by Crippen LogP contribution is -2.24. The van der Waals surface area contributed by atoms with Crippen LogP contribution < -0.4 is 4.90 Å². The molecule has 6 nitrogen and oxygen atoms in total. The zero-order valence-corrected chi connectivity index (χ0v) is 10.2. The van der Waals surface area contributed by atoms with E-state index < -0.39 is 0 Å². The van der Waals surface area contributed by atoms with Crippen molar-refractivity contribution in [2.75, 3.05) is 18.0 Å². The summed E-state index contributed by atoms with van der Waals surface area (Å²) in [6.07, 6.45) is 0.481. The van der Waals surface area contributed by atoms with Gasteiger partial charge in [-0.2, -0.15) is 4.68 Å². The van der Waals surface area contributed by atoms with Crippen LogP contribution >= 0.6 is 0 Å². The number of aliphatic hydroxyl groups is 1. The highest BCUT2D eigenvalue weighted by Gasteiger charge is 2.25. The molecule has 1 aliphatic rings. The van der Waals surface area contributed by atoms with E-state index in [4.69, 9.17) is 0 Å². The van der Waals surface area contributed by atoms with Gasteiger partial charge in [0.05, 0.1) is 11.8 Å². The van der Waals surface area contributed by atoms with Gasteiger partial charge in [-0.1, -0.05) is 22.8 Å². The van der Waals surface area contributed by atoms with E-state index in [0.717, 1.165) is 18.7 Å². The summed E-state index contributed by atoms with van der Waals surface area (Å²) in [5, 5.41) is 21.4. The molecule has 2 heterocycles. The number of β-amino-alcohol motifs (C(OH)–C–C–N with tert-alkyl or cyclic N) is 1. The van der Waals surface area contributed by atoms with Crippen LogP contribution in [0.4, 0.5) is 5.95 Å². The van der Waals surface area contributed by atoms with Crippen LogP contribution in [0.3, 0.4) is 0 Å². The number of rotatable bonds is 2. The largest absolute Gasteiger partial charge is 0.391 e. The number of aliphatic hydroxyl groups excluding tert-OH is 1. The maximum Gasteiger partial charge on any atom is 0.250 e. The molecule has 1 fully saturated rings. The summed E-state index contributed by atoms with van der Waals surface area (Å²) in [6.45, 7) is 3.42. The number of benzene rings is 1. The topological polar surface area (TPSA) is 67.1 Å². The third-order valence-corrected chi connectivity index (χ3v) is 3.18. The van der Waals surface area contributed by atoms with Crippen molar-refractivity contribution >= 4 is 5.95 Å². The molecule has 0 radical (unpaired) electrons. The van der Waals surface area contributed by atoms with Crippen molar-refractivity contribution in [1.29, 1.82) is 0 Å². The van der Waals surface area contributed by atoms with E-state index in [-0.39, 0.29) is 6.10 Å². The molecule has 1 aliphatic heterocycles. The molecule has 0 spiro atoms. The molecule has 0 aliphatic carbocycles. The monoisotopic (exact) mass is 245 g/mol. The van der Waals surface area contributed by atoms with Gasteiger partial charge in [-0.3, -0.25) is 0 Å². The van der Waals surface area contributed by atoms with Crippen molar-refractivity contribution in [1.82, 2.24) is 20.2 Å². The van der Waals surface area contributed by atoms with Gasteiger partial charge in [-0.15, -0.1) is 0 Å². The minimum absolute atomic E-state index is 0.284. The van der Waals surface area contributed by atoms with Crippen molar-refractivity contribution < 1.29 is 5.11 Å². The van der Waals surface area contributed by atoms with Gasteiger partial charge in [-0.25, -0.2) is 0 Å². The summed E-state index contributed by atoms with van der Waals surface area (Å²) in [7, 11) is 0. The minimum Gasteiger partial charge on any atom is -0.391 e. The van der Waals surface area contributed by atoms with Gasteiger partial charge in [-0.05, 0) is 35.9 Å². The van der Waals surface area contributed by atoms with Crippen molar-refractivity contribution in [3.05, 3.63) is 29.8 Å². The fraction of sp³-hybridized carbons (Fsp3) is 0.417. The molecule has 0 bridgehead atoms. The van der Waals surface area contributed by atoms with E-state index >= 15 is 0 Å². The fourth-order valence-electron chi connectivity index (χ4n) is 2.16. The summed E-state index contributed by atoms with van der Waals surface area (Å²) < 4.78 is 1.71. The Kier molecular flexibility index (Phi) is 2.71. The third-order valence-electron chi connectivity index (χ3n) is 3.18. The molecule has 1 N–H and O–H groups in total. The van der Waals surface area contributed by atoms with Crippen molar-refractivity contribution in [3.63, 3.8) is 0 Å². The Bertz CT molecular complexity index is 536. The molecule has 0 amide bonds. The van der Waals surface area contributed by atoms with Crippen molar-refractivity contribution in [2.45, 2.75) is 19.4 Å². The lowest BCUT2D eigenvalue weighted by Gasteiger charge is -2.15. The van der Waals surface area contributed by atoms with E-state index in [9.17, 15) is 5.11 Å². The summed E-state index contributed by atoms with van der Waals surface area (Å²) in [4.78, 5) is 2.00. The zero-order valence-electron chi connectivity index (χ0n) is 10.2. The Morgan fingerprint density at radius 2 is 2.06 bits per heavy atom. The zero-order chi connectivity index (χ0) is 12.5. The number of tetrazole rings is 1. The Morgan fingerprint density at radius 1 is 1.28 bits per heavy atom. The highest BCUT2D eigenvalue weighted by molar-refractivity contribution is 5.42. The van der Waals surface area contributed by atoms with Crippen LogP contribution in [0.1, 0.15) is 12.0 Å². The number of hydrogen-bond acceptors (Lipinski definition) is 5. The van der Waals surface area contributed by atoms with Crippen LogP contribution in [0, 0.1) is 6.92 Å². The van der Waals surface area contributed by atoms with Gasteiger partial charge in [0, 0.05) is 13.1 Å². The van der Waals surface area contributed by atoms with E-state index in [2.05, 4.69) is 15.5 Å². The first kappa shape index (κ1) is 11.2. The van der Waals surface area contributed by atoms with Gasteiger partial charge < -0.3 is 10.0 Å². The van der Waals surface area contributed by atoms with Gasteiger partial charge >= 0.3 is 0 Å². The molecule has 1 aromatic heterocycles. The first-order valence-corrected chi connectivity index (χ1v) is 6.02. The molecule has 0 saturated carbocycles. The predicted molar refractivity (Wildman–Crippen MR) is 66.7 cm³/mol. The van der Waals surface area contributed by atoms with Crippen LogP contribution in [-0.2, 0) is 0 Å². The van der Waals surface area contributed by atoms with Crippen LogP contribution in [-0.4, -0.2) is 44.5 Å². The Labute approximate surface area is 105 Å². The molecule has 1 aromatic carbocycles. The lowest BCUT2D eigenvalue weighted by molar-refractivity contribution is 0.198. The van der Waals surface area contributed by atoms with E-state index in [1.807, 2.05) is 36.1 Å². The number of aromatic nitrogens is 4. The second kappa shape index (κ2) is 4.38. The molecule has 1 atom stereocenters. The first-order valence-electron chi connectivity index (χ1n) is 6.02. The molecule has 1 saturated heterocycles. The molecular formula is C12H15N5O. The highest BCUT2D eigenvalue weighted by atomic mass is 16.3. The average molecular weight is 245 g/mol. The molecule has 2 aromatic rings. The average Bonchev–Trinajstić information content (AvgIpc) is 2.98. The van der Waals surface area contributed by atoms with Gasteiger partial charge in [0.25, 0.3) is 0 Å². The molecule has 94 valence electrons. The molecule has 0 unspecified atom stereocenters. The SMILES string of the molecule is Cc1ccc(-n2nnnc2N2CC[C@H](O)C2)cc1. The number of anilines is 1. The Balaban J connectivity index is 1.94. The maximum atomic E-state index is 9.58. The van der Waals surface area contributed by atoms with E-state index in [1.165, 1.54) is 5.56 Å². The summed E-state index contributed by atoms with van der Waals surface area (Å²) in [6, 6.07) is 8.03. The van der Waals surface area contributed by atoms with Crippen molar-refractivity contribution in [2.24, 2.45) is 0 Å². The van der Waals surface area contributed by atoms with Gasteiger partial charge in [0.15, 0.2) is 0 Å². The van der Waals surface area contributed by atoms with Crippen LogP contribution in [0.25, 0.3) is 5.69 Å². The molecule has 6 heteroatoms. The van der Waals surface area contributed by atoms with Crippen LogP contribution in [0.2, 0.25) is 0 Å². The predicted octanol–water partition coefficient (Wildman–Crippen LogP) is 0.542. The number of aryl methyl sites for hydroxylation is 1.